The van der Waals surface area contributed by atoms with Crippen LogP contribution in [0.15, 0.2) is 42.5 Å². The molecule has 1 heterocycles. The number of fused-ring (bicyclic) bond motifs is 1. The number of benzene rings is 2. The second-order valence-electron chi connectivity index (χ2n) is 5.49. The monoisotopic (exact) mass is 274 g/mol. The van der Waals surface area contributed by atoms with E-state index in [0.29, 0.717) is 11.5 Å². The van der Waals surface area contributed by atoms with Crippen LogP contribution >= 0.6 is 0 Å². The van der Waals surface area contributed by atoms with Gasteiger partial charge >= 0.3 is 0 Å². The molecule has 0 saturated heterocycles. The summed E-state index contributed by atoms with van der Waals surface area (Å²) in [7, 11) is 0. The van der Waals surface area contributed by atoms with E-state index in [0.717, 1.165) is 28.2 Å². The highest BCUT2D eigenvalue weighted by atomic mass is 15.1. The van der Waals surface area contributed by atoms with Crippen molar-refractivity contribution in [1.29, 1.82) is 5.26 Å². The van der Waals surface area contributed by atoms with Gasteiger partial charge < -0.3 is 5.73 Å². The van der Waals surface area contributed by atoms with Gasteiger partial charge in [-0.2, -0.15) is 5.26 Å². The second-order valence-corrected chi connectivity index (χ2v) is 5.49. The third kappa shape index (κ3) is 1.95. The Morgan fingerprint density at radius 2 is 1.90 bits per heavy atom. The lowest BCUT2D eigenvalue weighted by Crippen LogP contribution is -1.99. The highest BCUT2D eigenvalue weighted by Gasteiger charge is 2.30. The normalized spacial score (nSPS) is 14.2. The van der Waals surface area contributed by atoms with Gasteiger partial charge in [0.15, 0.2) is 0 Å². The molecule has 1 fully saturated rings. The van der Waals surface area contributed by atoms with Gasteiger partial charge in [-0.25, -0.2) is 4.98 Å². The molecule has 0 bridgehead atoms. The highest BCUT2D eigenvalue weighted by molar-refractivity contribution is 5.81. The topological polar surface area (TPSA) is 67.6 Å². The first-order valence-corrected chi connectivity index (χ1v) is 7.04. The molecule has 1 saturated carbocycles. The summed E-state index contributed by atoms with van der Waals surface area (Å²) in [6.07, 6.45) is 2.38. The molecule has 4 nitrogen and oxygen atoms in total. The third-order valence-electron chi connectivity index (χ3n) is 3.90. The Hall–Kier alpha value is -2.80. The van der Waals surface area contributed by atoms with Crippen LogP contribution in [0.3, 0.4) is 0 Å². The van der Waals surface area contributed by atoms with Crippen molar-refractivity contribution in [3.05, 3.63) is 53.9 Å². The number of hydrogen-bond donors (Lipinski definition) is 1. The molecule has 0 unspecified atom stereocenters. The van der Waals surface area contributed by atoms with E-state index < -0.39 is 0 Å². The van der Waals surface area contributed by atoms with Crippen LogP contribution in [-0.4, -0.2) is 9.55 Å². The summed E-state index contributed by atoms with van der Waals surface area (Å²) in [4.78, 5) is 4.77. The van der Waals surface area contributed by atoms with Crippen LogP contribution in [0, 0.1) is 11.3 Å². The van der Waals surface area contributed by atoms with Gasteiger partial charge in [0.1, 0.15) is 5.82 Å². The number of nitrogens with two attached hydrogens (primary N) is 1. The molecule has 4 heteroatoms. The summed E-state index contributed by atoms with van der Waals surface area (Å²) in [6.45, 7) is 0. The Kier molecular flexibility index (Phi) is 2.48. The summed E-state index contributed by atoms with van der Waals surface area (Å²) >= 11 is 0. The van der Waals surface area contributed by atoms with Crippen molar-refractivity contribution in [3.63, 3.8) is 0 Å². The minimum Gasteiger partial charge on any atom is -0.399 e. The lowest BCUT2D eigenvalue weighted by atomic mass is 10.2. The first-order valence-electron chi connectivity index (χ1n) is 7.04. The number of hydrogen-bond acceptors (Lipinski definition) is 3. The van der Waals surface area contributed by atoms with E-state index in [2.05, 4.69) is 10.6 Å². The zero-order valence-corrected chi connectivity index (χ0v) is 11.5. The van der Waals surface area contributed by atoms with Crippen molar-refractivity contribution in [1.82, 2.24) is 9.55 Å². The van der Waals surface area contributed by atoms with Gasteiger partial charge in [-0.15, -0.1) is 0 Å². The van der Waals surface area contributed by atoms with Crippen LogP contribution in [0.1, 0.15) is 30.1 Å². The van der Waals surface area contributed by atoms with Gasteiger partial charge in [-0.3, -0.25) is 4.57 Å². The Balaban J connectivity index is 1.96. The standard InChI is InChI=1S/C17H14N4/c18-10-11-1-6-14(7-2-11)21-16-8-5-13(19)9-15(16)20-17(21)12-3-4-12/h1-2,5-9,12H,3-4,19H2. The Morgan fingerprint density at radius 1 is 1.14 bits per heavy atom. The number of imidazole rings is 1. The predicted octanol–water partition coefficient (Wildman–Crippen LogP) is 3.36. The molecule has 0 amide bonds. The van der Waals surface area contributed by atoms with Crippen LogP contribution in [-0.2, 0) is 0 Å². The SMILES string of the molecule is N#Cc1ccc(-n2c(C3CC3)nc3cc(N)ccc32)cc1. The molecule has 0 atom stereocenters. The molecular weight excluding hydrogens is 260 g/mol. The third-order valence-corrected chi connectivity index (χ3v) is 3.90. The molecule has 1 aliphatic rings. The lowest BCUT2D eigenvalue weighted by Gasteiger charge is -2.08. The maximum atomic E-state index is 8.93. The largest absolute Gasteiger partial charge is 0.399 e. The van der Waals surface area contributed by atoms with E-state index >= 15 is 0 Å². The zero-order valence-electron chi connectivity index (χ0n) is 11.5. The molecule has 3 aromatic rings. The van der Waals surface area contributed by atoms with Crippen molar-refractivity contribution in [3.8, 4) is 11.8 Å². The summed E-state index contributed by atoms with van der Waals surface area (Å²) in [5, 5.41) is 8.93. The van der Waals surface area contributed by atoms with Gasteiger partial charge in [0.25, 0.3) is 0 Å². The molecule has 2 N–H and O–H groups in total. The number of nitrogen functional groups attached to an aromatic ring is 1. The summed E-state index contributed by atoms with van der Waals surface area (Å²) in [5.74, 6) is 1.63. The Morgan fingerprint density at radius 3 is 2.57 bits per heavy atom. The number of anilines is 1. The van der Waals surface area contributed by atoms with E-state index in [1.807, 2.05) is 42.5 Å². The average molecular weight is 274 g/mol. The van der Waals surface area contributed by atoms with Crippen molar-refractivity contribution in [2.75, 3.05) is 5.73 Å². The second kappa shape index (κ2) is 4.35. The Bertz CT molecular complexity index is 864. The maximum absolute atomic E-state index is 8.93. The van der Waals surface area contributed by atoms with E-state index in [1.54, 1.807) is 0 Å². The minimum absolute atomic E-state index is 0.536. The smallest absolute Gasteiger partial charge is 0.117 e. The maximum Gasteiger partial charge on any atom is 0.117 e. The summed E-state index contributed by atoms with van der Waals surface area (Å²) in [5.41, 5.74) is 10.3. The summed E-state index contributed by atoms with van der Waals surface area (Å²) in [6, 6.07) is 15.6. The van der Waals surface area contributed by atoms with Crippen LogP contribution < -0.4 is 5.73 Å². The number of nitriles is 1. The average Bonchev–Trinajstić information content (AvgIpc) is 3.28. The van der Waals surface area contributed by atoms with Crippen molar-refractivity contribution in [2.45, 2.75) is 18.8 Å². The van der Waals surface area contributed by atoms with Gasteiger partial charge in [-0.1, -0.05) is 0 Å². The van der Waals surface area contributed by atoms with E-state index in [1.165, 1.54) is 12.8 Å². The van der Waals surface area contributed by atoms with Crippen molar-refractivity contribution in [2.24, 2.45) is 0 Å². The fraction of sp³-hybridized carbons (Fsp3) is 0.176. The first kappa shape index (κ1) is 12.0. The predicted molar refractivity (Wildman–Crippen MR) is 82.2 cm³/mol. The highest BCUT2D eigenvalue weighted by Crippen LogP contribution is 2.41. The molecule has 1 aromatic heterocycles. The van der Waals surface area contributed by atoms with Gasteiger partial charge in [-0.05, 0) is 55.3 Å². The molecular formula is C17H14N4. The van der Waals surface area contributed by atoms with Crippen molar-refractivity contribution >= 4 is 16.7 Å². The quantitative estimate of drug-likeness (QED) is 0.728. The van der Waals surface area contributed by atoms with E-state index in [4.69, 9.17) is 16.0 Å². The molecule has 0 radical (unpaired) electrons. The number of nitrogens with zero attached hydrogens (tertiary/aromatic N) is 3. The van der Waals surface area contributed by atoms with Gasteiger partial charge in [0.2, 0.25) is 0 Å². The molecule has 102 valence electrons. The molecule has 21 heavy (non-hydrogen) atoms. The van der Waals surface area contributed by atoms with Crippen LogP contribution in [0.5, 0.6) is 0 Å². The van der Waals surface area contributed by atoms with Gasteiger partial charge in [0, 0.05) is 17.3 Å². The minimum atomic E-state index is 0.536. The number of rotatable bonds is 2. The Labute approximate surface area is 122 Å². The molecule has 4 rings (SSSR count). The van der Waals surface area contributed by atoms with E-state index in [9.17, 15) is 0 Å². The zero-order chi connectivity index (χ0) is 14.4. The van der Waals surface area contributed by atoms with E-state index in [-0.39, 0.29) is 0 Å². The fourth-order valence-corrected chi connectivity index (χ4v) is 2.69. The van der Waals surface area contributed by atoms with Crippen LogP contribution in [0.2, 0.25) is 0 Å². The fourth-order valence-electron chi connectivity index (χ4n) is 2.69. The lowest BCUT2D eigenvalue weighted by molar-refractivity contribution is 0.896. The molecule has 0 spiro atoms. The summed E-state index contributed by atoms with van der Waals surface area (Å²) < 4.78 is 2.19. The molecule has 1 aliphatic carbocycles. The number of aromatic nitrogens is 2. The molecule has 2 aromatic carbocycles. The van der Waals surface area contributed by atoms with Crippen molar-refractivity contribution < 1.29 is 0 Å². The van der Waals surface area contributed by atoms with Crippen LogP contribution in [0.25, 0.3) is 16.7 Å². The molecule has 0 aliphatic heterocycles. The van der Waals surface area contributed by atoms with Gasteiger partial charge in [0.05, 0.1) is 22.7 Å². The van der Waals surface area contributed by atoms with Crippen LogP contribution in [0.4, 0.5) is 5.69 Å². The first-order chi connectivity index (χ1) is 10.3.